The summed E-state index contributed by atoms with van der Waals surface area (Å²) in [7, 11) is 1.56. The van der Waals surface area contributed by atoms with Crippen molar-refractivity contribution in [1.82, 2.24) is 5.32 Å². The standard InChI is InChI=1S/C50H99N2O6P/c1-6-8-10-12-14-16-18-20-22-23-24-25-26-27-28-29-30-31-33-35-37-39-41-43-49(53)48(47-58-59(55,56)57-46-45-52(3,4)5)51-50(54)44-42-40-38-36-34-32-21-19-17-15-13-11-9-7-2/h33,35,41,43,48-49,53H,6-32,34,36-40,42,44-47H2,1-5H3,(H-,51,54,55,56)/p+1/b35-33+,43-41+. The molecule has 8 nitrogen and oxygen atoms in total. The Kier molecular flexibility index (Phi) is 41.6. The predicted octanol–water partition coefficient (Wildman–Crippen LogP) is 14.5. The summed E-state index contributed by atoms with van der Waals surface area (Å²) >= 11 is 0. The number of aliphatic hydroxyl groups is 1. The van der Waals surface area contributed by atoms with E-state index in [0.717, 1.165) is 38.5 Å². The Bertz CT molecular complexity index is 1020. The number of rotatable bonds is 46. The van der Waals surface area contributed by atoms with Gasteiger partial charge < -0.3 is 19.8 Å². The van der Waals surface area contributed by atoms with E-state index in [1.165, 1.54) is 180 Å². The summed E-state index contributed by atoms with van der Waals surface area (Å²) in [5.41, 5.74) is 0. The Hall–Kier alpha value is -1.02. The third kappa shape index (κ3) is 44.8. The molecule has 0 saturated carbocycles. The molecule has 3 atom stereocenters. The molecule has 0 aliphatic heterocycles. The lowest BCUT2D eigenvalue weighted by molar-refractivity contribution is -0.870. The van der Waals surface area contributed by atoms with E-state index in [-0.39, 0.29) is 19.1 Å². The number of allylic oxidation sites excluding steroid dienone is 3. The fraction of sp³-hybridized carbons (Fsp3) is 0.900. The number of hydrogen-bond acceptors (Lipinski definition) is 5. The molecule has 0 fully saturated rings. The molecule has 3 N–H and O–H groups in total. The van der Waals surface area contributed by atoms with Crippen molar-refractivity contribution in [3.8, 4) is 0 Å². The number of carbonyl (C=O) groups excluding carboxylic acids is 1. The molecule has 0 heterocycles. The van der Waals surface area contributed by atoms with Crippen molar-refractivity contribution >= 4 is 13.7 Å². The fourth-order valence-corrected chi connectivity index (χ4v) is 8.15. The Balaban J connectivity index is 4.32. The first-order valence-electron chi connectivity index (χ1n) is 25.2. The molecule has 0 spiro atoms. The van der Waals surface area contributed by atoms with Crippen LogP contribution in [0.4, 0.5) is 0 Å². The summed E-state index contributed by atoms with van der Waals surface area (Å²) in [6, 6.07) is -0.858. The maximum absolute atomic E-state index is 12.9. The van der Waals surface area contributed by atoms with Gasteiger partial charge in [-0.1, -0.05) is 224 Å². The van der Waals surface area contributed by atoms with Gasteiger partial charge in [-0.15, -0.1) is 0 Å². The summed E-state index contributed by atoms with van der Waals surface area (Å²) < 4.78 is 23.6. The number of aliphatic hydroxyl groups excluding tert-OH is 1. The molecule has 0 rings (SSSR count). The topological polar surface area (TPSA) is 105 Å². The zero-order chi connectivity index (χ0) is 43.6. The van der Waals surface area contributed by atoms with E-state index in [4.69, 9.17) is 9.05 Å². The van der Waals surface area contributed by atoms with Crippen LogP contribution in [0.1, 0.15) is 239 Å². The summed E-state index contributed by atoms with van der Waals surface area (Å²) in [5, 5.41) is 13.9. The first-order chi connectivity index (χ1) is 28.5. The third-order valence-corrected chi connectivity index (χ3v) is 12.4. The van der Waals surface area contributed by atoms with Crippen LogP contribution < -0.4 is 5.32 Å². The van der Waals surface area contributed by atoms with Gasteiger partial charge in [-0.05, 0) is 32.1 Å². The van der Waals surface area contributed by atoms with Crippen LogP contribution in [-0.4, -0.2) is 73.4 Å². The number of amides is 1. The summed E-state index contributed by atoms with van der Waals surface area (Å²) in [5.74, 6) is -0.184. The number of phosphoric ester groups is 1. The van der Waals surface area contributed by atoms with Gasteiger partial charge in [0.2, 0.25) is 5.91 Å². The van der Waals surface area contributed by atoms with Crippen LogP contribution in [0.5, 0.6) is 0 Å². The average Bonchev–Trinajstić information content (AvgIpc) is 3.19. The molecule has 0 aliphatic rings. The molecule has 0 aromatic rings. The minimum absolute atomic E-state index is 0.0584. The van der Waals surface area contributed by atoms with Crippen LogP contribution in [-0.2, 0) is 18.4 Å². The summed E-state index contributed by atoms with van der Waals surface area (Å²) in [6.45, 7) is 4.82. The van der Waals surface area contributed by atoms with Gasteiger partial charge in [0.15, 0.2) is 0 Å². The lowest BCUT2D eigenvalue weighted by Gasteiger charge is -2.25. The van der Waals surface area contributed by atoms with Gasteiger partial charge in [0.25, 0.3) is 0 Å². The molecule has 0 radical (unpaired) electrons. The van der Waals surface area contributed by atoms with Crippen LogP contribution in [0.15, 0.2) is 24.3 Å². The van der Waals surface area contributed by atoms with Gasteiger partial charge >= 0.3 is 7.82 Å². The Morgan fingerprint density at radius 2 is 0.932 bits per heavy atom. The van der Waals surface area contributed by atoms with Crippen LogP contribution in [0.3, 0.4) is 0 Å². The first-order valence-corrected chi connectivity index (χ1v) is 26.7. The molecule has 9 heteroatoms. The highest BCUT2D eigenvalue weighted by Crippen LogP contribution is 2.43. The van der Waals surface area contributed by atoms with Gasteiger partial charge in [0.05, 0.1) is 39.9 Å². The quantitative estimate of drug-likeness (QED) is 0.0244. The van der Waals surface area contributed by atoms with Gasteiger partial charge in [0, 0.05) is 6.42 Å². The van der Waals surface area contributed by atoms with E-state index in [1.54, 1.807) is 6.08 Å². The highest BCUT2D eigenvalue weighted by molar-refractivity contribution is 7.47. The molecular weight excluding hydrogens is 756 g/mol. The number of nitrogens with one attached hydrogen (secondary N) is 1. The van der Waals surface area contributed by atoms with Crippen LogP contribution >= 0.6 is 7.82 Å². The van der Waals surface area contributed by atoms with Crippen molar-refractivity contribution in [2.45, 2.75) is 251 Å². The molecule has 59 heavy (non-hydrogen) atoms. The Labute approximate surface area is 366 Å². The molecule has 0 bridgehead atoms. The number of unbranched alkanes of at least 4 members (excludes halogenated alkanes) is 31. The highest BCUT2D eigenvalue weighted by Gasteiger charge is 2.27. The number of carbonyl (C=O) groups is 1. The third-order valence-electron chi connectivity index (χ3n) is 11.4. The largest absolute Gasteiger partial charge is 0.472 e. The maximum Gasteiger partial charge on any atom is 0.472 e. The number of hydrogen-bond donors (Lipinski definition) is 3. The van der Waals surface area contributed by atoms with E-state index in [1.807, 2.05) is 27.2 Å². The first kappa shape index (κ1) is 58.0. The lowest BCUT2D eigenvalue weighted by Crippen LogP contribution is -2.45. The normalized spacial score (nSPS) is 14.4. The molecule has 0 aliphatic carbocycles. The van der Waals surface area contributed by atoms with Crippen molar-refractivity contribution in [2.24, 2.45) is 0 Å². The molecular formula is C50H100N2O6P+. The van der Waals surface area contributed by atoms with Gasteiger partial charge in [-0.25, -0.2) is 4.57 Å². The van der Waals surface area contributed by atoms with Gasteiger partial charge in [-0.3, -0.25) is 13.8 Å². The summed E-state index contributed by atoms with van der Waals surface area (Å²) in [6.07, 6.45) is 51.2. The van der Waals surface area contributed by atoms with E-state index in [0.29, 0.717) is 17.4 Å². The molecule has 0 aromatic heterocycles. The zero-order valence-corrected chi connectivity index (χ0v) is 40.7. The van der Waals surface area contributed by atoms with E-state index < -0.39 is 20.0 Å². The van der Waals surface area contributed by atoms with Crippen molar-refractivity contribution in [3.63, 3.8) is 0 Å². The minimum Gasteiger partial charge on any atom is -0.387 e. The molecule has 0 saturated heterocycles. The van der Waals surface area contributed by atoms with Gasteiger partial charge in [0.1, 0.15) is 13.2 Å². The van der Waals surface area contributed by atoms with Crippen LogP contribution in [0.25, 0.3) is 0 Å². The number of nitrogens with zero attached hydrogens (tertiary/aromatic N) is 1. The summed E-state index contributed by atoms with van der Waals surface area (Å²) in [4.78, 5) is 23.2. The van der Waals surface area contributed by atoms with Crippen molar-refractivity contribution < 1.29 is 32.9 Å². The molecule has 0 aromatic carbocycles. The van der Waals surface area contributed by atoms with Gasteiger partial charge in [-0.2, -0.15) is 0 Å². The number of likely N-dealkylation sites (N-methyl/N-ethyl adjacent to an activating group) is 1. The van der Waals surface area contributed by atoms with Crippen molar-refractivity contribution in [2.75, 3.05) is 40.9 Å². The maximum atomic E-state index is 12.9. The Morgan fingerprint density at radius 1 is 0.559 bits per heavy atom. The number of phosphoric acid groups is 1. The molecule has 1 amide bonds. The second-order valence-electron chi connectivity index (χ2n) is 18.5. The average molecular weight is 856 g/mol. The second kappa shape index (κ2) is 42.3. The minimum atomic E-state index is -4.34. The fourth-order valence-electron chi connectivity index (χ4n) is 7.41. The Morgan fingerprint density at radius 3 is 1.36 bits per heavy atom. The van der Waals surface area contributed by atoms with Crippen molar-refractivity contribution in [1.29, 1.82) is 0 Å². The van der Waals surface area contributed by atoms with Crippen LogP contribution in [0.2, 0.25) is 0 Å². The lowest BCUT2D eigenvalue weighted by atomic mass is 10.0. The second-order valence-corrected chi connectivity index (χ2v) is 20.0. The zero-order valence-electron chi connectivity index (χ0n) is 39.8. The molecule has 350 valence electrons. The number of quaternary nitrogens is 1. The molecule has 3 unspecified atom stereocenters. The van der Waals surface area contributed by atoms with E-state index in [2.05, 4.69) is 31.3 Å². The van der Waals surface area contributed by atoms with E-state index >= 15 is 0 Å². The smallest absolute Gasteiger partial charge is 0.387 e. The van der Waals surface area contributed by atoms with E-state index in [9.17, 15) is 19.4 Å². The highest BCUT2D eigenvalue weighted by atomic mass is 31.2. The monoisotopic (exact) mass is 856 g/mol. The predicted molar refractivity (Wildman–Crippen MR) is 254 cm³/mol. The SMILES string of the molecule is CCCCCCCCCCCCCCCCCCC/C=C/CC/C=C/C(O)C(COP(=O)(O)OCC[N+](C)(C)C)NC(=O)CCCCCCCCCCCCCCCC. The van der Waals surface area contributed by atoms with Crippen molar-refractivity contribution in [3.05, 3.63) is 24.3 Å². The van der Waals surface area contributed by atoms with Crippen LogP contribution in [0, 0.1) is 0 Å².